The molecular formula is C57H98N6O14Si. The highest BCUT2D eigenvalue weighted by molar-refractivity contribution is 6.60. The van der Waals surface area contributed by atoms with Crippen molar-refractivity contribution in [2.75, 3.05) is 133 Å². The molecule has 0 aromatic heterocycles. The molecule has 2 amide bonds. The van der Waals surface area contributed by atoms with Crippen molar-refractivity contribution in [3.05, 3.63) is 91.0 Å². The lowest BCUT2D eigenvalue weighted by atomic mass is 10.2. The summed E-state index contributed by atoms with van der Waals surface area (Å²) in [5.74, 6) is 1.06. The van der Waals surface area contributed by atoms with Crippen LogP contribution in [0.15, 0.2) is 91.0 Å². The average molecular weight is 1120 g/mol. The number of ether oxygens (including phenoxy) is 6. The molecule has 0 saturated carbocycles. The maximum Gasteiger partial charge on any atom is 0.514 e. The lowest BCUT2D eigenvalue weighted by molar-refractivity contribution is 0.0123. The van der Waals surface area contributed by atoms with E-state index in [0.29, 0.717) is 43.4 Å². The second-order valence-electron chi connectivity index (χ2n) is 18.0. The number of carbonyl (C=O) groups excluding carboxylic acids is 4. The number of hydrogen-bond acceptors (Lipinski definition) is 18. The van der Waals surface area contributed by atoms with Gasteiger partial charge in [-0.3, -0.25) is 9.80 Å². The molecule has 3 aliphatic heterocycles. The summed E-state index contributed by atoms with van der Waals surface area (Å²) >= 11 is 0. The van der Waals surface area contributed by atoms with Crippen LogP contribution >= 0.6 is 0 Å². The third-order valence-corrected chi connectivity index (χ3v) is 15.0. The molecule has 0 bridgehead atoms. The van der Waals surface area contributed by atoms with Crippen molar-refractivity contribution in [1.82, 2.24) is 29.8 Å². The van der Waals surface area contributed by atoms with Gasteiger partial charge in [0.25, 0.3) is 0 Å². The standard InChI is InChI=1S/C23H46N4O7Si.C17H16O6.C8H18N2.C6H6O.3CH4/c1-6-7-9-24-11-15-26(16-12-24)22(28)33-20-21(2)34-23(29)27-17-13-25(14-18-27)10-8-19-35(30-3,31-4)32-5;1-13(21-17(19)23-15-10-6-3-7-11-15)12-20-16(18)22-14-8-4-2-5-9-14;1-2-3-6-10-7-4-9-5-8-10;7-6-4-2-1-3-5-6;;;/h21H,6-20H2,1-5H3;2-11,13H,12H2,1H3;9H,2-8H2,1H3;1-5,7H;3*1H4. The summed E-state index contributed by atoms with van der Waals surface area (Å²) in [5, 5.41) is 12.0. The minimum absolute atomic E-state index is 0. The van der Waals surface area contributed by atoms with E-state index in [1.165, 1.54) is 58.4 Å². The zero-order valence-electron chi connectivity index (χ0n) is 45.6. The van der Waals surface area contributed by atoms with Crippen LogP contribution in [-0.4, -0.2) is 208 Å². The Kier molecular flexibility index (Phi) is 40.3. The highest BCUT2D eigenvalue weighted by Crippen LogP contribution is 2.17. The fraction of sp³-hybridized carbons (Fsp3) is 0.614. The summed E-state index contributed by atoms with van der Waals surface area (Å²) in [6.07, 6.45) is 2.34. The number of benzene rings is 3. The molecule has 3 aliphatic rings. The van der Waals surface area contributed by atoms with E-state index >= 15 is 0 Å². The van der Waals surface area contributed by atoms with Crippen molar-refractivity contribution in [3.8, 4) is 17.2 Å². The van der Waals surface area contributed by atoms with Crippen molar-refractivity contribution in [2.45, 2.75) is 100 Å². The van der Waals surface area contributed by atoms with E-state index in [4.69, 9.17) is 46.8 Å². The first-order chi connectivity index (χ1) is 36.3. The van der Waals surface area contributed by atoms with E-state index in [0.717, 1.165) is 51.7 Å². The van der Waals surface area contributed by atoms with Gasteiger partial charge in [-0.2, -0.15) is 0 Å². The largest absolute Gasteiger partial charge is 0.514 e. The molecule has 3 heterocycles. The molecule has 0 spiro atoms. The molecule has 21 heteroatoms. The van der Waals surface area contributed by atoms with E-state index in [1.54, 1.807) is 130 Å². The number of carbonyl (C=O) groups is 4. The van der Waals surface area contributed by atoms with Gasteiger partial charge in [-0.15, -0.1) is 0 Å². The summed E-state index contributed by atoms with van der Waals surface area (Å²) in [5.41, 5.74) is 0. The van der Waals surface area contributed by atoms with Gasteiger partial charge in [0.2, 0.25) is 0 Å². The first kappa shape index (κ1) is 72.5. The number of nitrogens with zero attached hydrogens (tertiary/aromatic N) is 5. The number of rotatable bonds is 21. The molecule has 3 saturated heterocycles. The second kappa shape index (κ2) is 43.4. The van der Waals surface area contributed by atoms with Gasteiger partial charge in [-0.05, 0) is 89.1 Å². The number of para-hydroxylation sites is 3. The second-order valence-corrected chi connectivity index (χ2v) is 21.1. The van der Waals surface area contributed by atoms with E-state index in [9.17, 15) is 19.2 Å². The monoisotopic (exact) mass is 1120 g/mol. The lowest BCUT2D eigenvalue weighted by Gasteiger charge is -2.35. The fourth-order valence-corrected chi connectivity index (χ4v) is 9.38. The van der Waals surface area contributed by atoms with Gasteiger partial charge < -0.3 is 66.8 Å². The van der Waals surface area contributed by atoms with Crippen LogP contribution in [0.3, 0.4) is 0 Å². The number of amides is 2. The summed E-state index contributed by atoms with van der Waals surface area (Å²) in [6.45, 7) is 21.7. The quantitative estimate of drug-likeness (QED) is 0.0442. The van der Waals surface area contributed by atoms with Crippen LogP contribution < -0.4 is 14.8 Å². The van der Waals surface area contributed by atoms with Gasteiger partial charge in [0, 0.05) is 106 Å². The van der Waals surface area contributed by atoms with E-state index in [-0.39, 0.29) is 47.7 Å². The van der Waals surface area contributed by atoms with Gasteiger partial charge in [0.1, 0.15) is 42.7 Å². The van der Waals surface area contributed by atoms with Crippen molar-refractivity contribution < 1.29 is 66.0 Å². The highest BCUT2D eigenvalue weighted by atomic mass is 28.4. The molecule has 20 nitrogen and oxygen atoms in total. The molecule has 3 aromatic carbocycles. The molecule has 0 radical (unpaired) electrons. The Morgan fingerprint density at radius 2 is 0.923 bits per heavy atom. The lowest BCUT2D eigenvalue weighted by Crippen LogP contribution is -2.50. The number of aromatic hydroxyl groups is 1. The molecule has 2 atom stereocenters. The maximum absolute atomic E-state index is 12.5. The Morgan fingerprint density at radius 1 is 0.526 bits per heavy atom. The number of piperazine rings is 3. The van der Waals surface area contributed by atoms with E-state index in [2.05, 4.69) is 33.9 Å². The molecule has 6 rings (SSSR count). The normalized spacial score (nSPS) is 15.3. The first-order valence-corrected chi connectivity index (χ1v) is 28.2. The van der Waals surface area contributed by atoms with Crippen LogP contribution in [0.2, 0.25) is 6.04 Å². The van der Waals surface area contributed by atoms with Crippen LogP contribution in [0.1, 0.15) is 82.1 Å². The van der Waals surface area contributed by atoms with E-state index < -0.39 is 33.3 Å². The Balaban J connectivity index is 0.00000117. The minimum Gasteiger partial charge on any atom is -0.508 e. The molecule has 3 fully saturated rings. The fourth-order valence-electron chi connectivity index (χ4n) is 7.68. The van der Waals surface area contributed by atoms with Crippen molar-refractivity contribution in [2.24, 2.45) is 0 Å². The summed E-state index contributed by atoms with van der Waals surface area (Å²) in [7, 11) is 2.34. The van der Waals surface area contributed by atoms with Gasteiger partial charge >= 0.3 is 33.3 Å². The van der Waals surface area contributed by atoms with Crippen LogP contribution in [-0.2, 0) is 32.2 Å². The van der Waals surface area contributed by atoms with Gasteiger partial charge in [0.15, 0.2) is 0 Å². The molecule has 2 N–H and O–H groups in total. The smallest absolute Gasteiger partial charge is 0.508 e. The Morgan fingerprint density at radius 3 is 1.36 bits per heavy atom. The van der Waals surface area contributed by atoms with Crippen LogP contribution in [0.25, 0.3) is 0 Å². The average Bonchev–Trinajstić information content (AvgIpc) is 3.44. The number of hydrogen-bond donors (Lipinski definition) is 2. The molecular weight excluding hydrogens is 1020 g/mol. The summed E-state index contributed by atoms with van der Waals surface area (Å²) in [4.78, 5) is 58.6. The third kappa shape index (κ3) is 31.2. The zero-order valence-corrected chi connectivity index (χ0v) is 46.6. The molecule has 78 heavy (non-hydrogen) atoms. The van der Waals surface area contributed by atoms with Crippen LogP contribution in [0, 0.1) is 0 Å². The Bertz CT molecular complexity index is 1950. The number of nitrogens with one attached hydrogen (secondary N) is 1. The predicted molar refractivity (Wildman–Crippen MR) is 308 cm³/mol. The maximum atomic E-state index is 12.5. The highest BCUT2D eigenvalue weighted by Gasteiger charge is 2.37. The van der Waals surface area contributed by atoms with Gasteiger partial charge in [-0.25, -0.2) is 19.2 Å². The number of phenolic OH excluding ortho intramolecular Hbond substituents is 1. The predicted octanol–water partition coefficient (Wildman–Crippen LogP) is 9.75. The van der Waals surface area contributed by atoms with Crippen molar-refractivity contribution >= 4 is 33.3 Å². The zero-order chi connectivity index (χ0) is 54.5. The van der Waals surface area contributed by atoms with E-state index in [1.807, 2.05) is 6.07 Å². The van der Waals surface area contributed by atoms with Crippen LogP contribution in [0.5, 0.6) is 17.2 Å². The number of phenols is 1. The van der Waals surface area contributed by atoms with Crippen molar-refractivity contribution in [3.63, 3.8) is 0 Å². The summed E-state index contributed by atoms with van der Waals surface area (Å²) in [6, 6.07) is 26.5. The Hall–Kier alpha value is -5.52. The summed E-state index contributed by atoms with van der Waals surface area (Å²) < 4.78 is 47.0. The molecule has 0 aliphatic carbocycles. The van der Waals surface area contributed by atoms with Gasteiger partial charge in [0.05, 0.1) is 0 Å². The van der Waals surface area contributed by atoms with Crippen LogP contribution in [0.4, 0.5) is 19.2 Å². The van der Waals surface area contributed by atoms with Gasteiger partial charge in [-0.1, -0.05) is 104 Å². The molecule has 3 aromatic rings. The topological polar surface area (TPSA) is 200 Å². The molecule has 2 unspecified atom stereocenters. The minimum atomic E-state index is -2.54. The third-order valence-electron chi connectivity index (χ3n) is 12.1. The molecule has 444 valence electrons. The Labute approximate surface area is 468 Å². The first-order valence-electron chi connectivity index (χ1n) is 26.3. The van der Waals surface area contributed by atoms with Crippen molar-refractivity contribution in [1.29, 1.82) is 0 Å². The SMILES string of the molecule is C.C.C.CC(COC(=O)Oc1ccccc1)OC(=O)Oc1ccccc1.CCCCN1CCN(C(=O)OCC(C)OC(=O)N2CCN(CCC[Si](OC)(OC)OC)CC2)CC1.CCCCN1CCNCC1.Oc1ccccc1. The number of unbranched alkanes of at least 4 members (excludes halogenated alkanes) is 2.